The van der Waals surface area contributed by atoms with Crippen molar-refractivity contribution in [1.29, 1.82) is 0 Å². The summed E-state index contributed by atoms with van der Waals surface area (Å²) in [6.45, 7) is 18.1. The lowest BCUT2D eigenvalue weighted by molar-refractivity contribution is -0.140. The van der Waals surface area contributed by atoms with Crippen molar-refractivity contribution in [2.24, 2.45) is 5.92 Å². The van der Waals surface area contributed by atoms with E-state index in [-0.39, 0.29) is 49.6 Å². The second-order valence-electron chi connectivity index (χ2n) is 19.7. The number of unbranched alkanes of at least 4 members (excludes halogenated alkanes) is 7. The summed E-state index contributed by atoms with van der Waals surface area (Å²) in [6.07, 6.45) is 8.76. The normalized spacial score (nSPS) is 16.5. The molecule has 0 aromatic heterocycles. The Kier molecular flexibility index (Phi) is 26.5. The van der Waals surface area contributed by atoms with E-state index in [1.807, 2.05) is 39.8 Å². The van der Waals surface area contributed by atoms with Gasteiger partial charge in [-0.1, -0.05) is 79.1 Å². The van der Waals surface area contributed by atoms with Crippen molar-refractivity contribution in [2.45, 2.75) is 213 Å². The summed E-state index contributed by atoms with van der Waals surface area (Å²) < 4.78 is 0. The van der Waals surface area contributed by atoms with Crippen molar-refractivity contribution >= 4 is 47.3 Å². The van der Waals surface area contributed by atoms with E-state index < -0.39 is 76.8 Å². The average Bonchev–Trinajstić information content (AvgIpc) is 3.70. The maximum atomic E-state index is 14.0. The van der Waals surface area contributed by atoms with Gasteiger partial charge >= 0.3 is 0 Å². The highest BCUT2D eigenvalue weighted by atomic mass is 16.3. The van der Waals surface area contributed by atoms with E-state index in [1.165, 1.54) is 34.6 Å². The molecule has 0 spiro atoms. The predicted molar refractivity (Wildman–Crippen MR) is 252 cm³/mol. The molecular formula is C47H87N9O9. The molecule has 6 atom stereocenters. The Morgan fingerprint density at radius 3 is 1.89 bits per heavy atom. The lowest BCUT2D eigenvalue weighted by Gasteiger charge is -2.33. The number of nitrogens with one attached hydrogen (secondary N) is 7. The third-order valence-electron chi connectivity index (χ3n) is 11.4. The second kappa shape index (κ2) is 29.3. The zero-order valence-corrected chi connectivity index (χ0v) is 41.9. The number of likely N-dealkylation sites (N-methyl/N-ethyl adjacent to an activating group) is 1. The number of hydrogen-bond acceptors (Lipinski definition) is 10. The average molecular weight is 922 g/mol. The first-order chi connectivity index (χ1) is 30.4. The smallest absolute Gasteiger partial charge is 0.246 e. The molecule has 1 rings (SSSR count). The number of carbonyl (C=O) groups excluding carboxylic acids is 8. The summed E-state index contributed by atoms with van der Waals surface area (Å²) in [4.78, 5) is 111. The molecule has 18 heteroatoms. The molecule has 18 nitrogen and oxygen atoms in total. The summed E-state index contributed by atoms with van der Waals surface area (Å²) in [7, 11) is 3.80. The zero-order valence-electron chi connectivity index (χ0n) is 41.9. The Bertz CT molecular complexity index is 1550. The van der Waals surface area contributed by atoms with Crippen LogP contribution in [0.25, 0.3) is 0 Å². The van der Waals surface area contributed by atoms with Crippen LogP contribution in [0.3, 0.4) is 0 Å². The van der Waals surface area contributed by atoms with Gasteiger partial charge in [-0.15, -0.1) is 0 Å². The molecule has 0 saturated carbocycles. The van der Waals surface area contributed by atoms with Crippen LogP contribution >= 0.6 is 0 Å². The second-order valence-corrected chi connectivity index (χ2v) is 19.7. The molecule has 374 valence electrons. The van der Waals surface area contributed by atoms with E-state index in [0.29, 0.717) is 38.8 Å². The summed E-state index contributed by atoms with van der Waals surface area (Å²) >= 11 is 0. The standard InChI is InChI=1S/C47H87N9O9/c1-13-15-17-18-19-21-23-34(50-42(62)36-24-22-28-56(36)38(59)25-20-16-14-2)40(60)52-39(33(6)57)43(63)51-35(29-31(3)4)41(61)53-47(9,10)45(65)54-46(7,8)44(64)48-27-26-37(58)49-32(5)30-55(11)12/h31-36,39,57H,13-30H2,1-12H3,(H,48,64)(H,49,58)(H,50,62)(H,51,63)(H,52,60)(H,53,61)(H,54,65)/t32?,33-,34+,35+,36+,39+/m1/s1. The van der Waals surface area contributed by atoms with E-state index in [4.69, 9.17) is 0 Å². The van der Waals surface area contributed by atoms with Gasteiger partial charge in [-0.25, -0.2) is 0 Å². The lowest BCUT2D eigenvalue weighted by Crippen LogP contribution is -2.65. The van der Waals surface area contributed by atoms with Crippen LogP contribution in [0.15, 0.2) is 0 Å². The fraction of sp³-hybridized carbons (Fsp3) is 0.830. The summed E-state index contributed by atoms with van der Waals surface area (Å²) in [5.41, 5.74) is -3.01. The van der Waals surface area contributed by atoms with Crippen molar-refractivity contribution in [1.82, 2.24) is 47.0 Å². The molecule has 1 unspecified atom stereocenters. The molecule has 8 amide bonds. The van der Waals surface area contributed by atoms with Gasteiger partial charge in [-0.3, -0.25) is 38.4 Å². The number of aliphatic hydroxyl groups excluding tert-OH is 1. The van der Waals surface area contributed by atoms with Crippen LogP contribution in [0.2, 0.25) is 0 Å². The molecule has 0 bridgehead atoms. The molecule has 1 aliphatic rings. The molecule has 0 aromatic rings. The van der Waals surface area contributed by atoms with Gasteiger partial charge in [0.25, 0.3) is 0 Å². The fourth-order valence-corrected chi connectivity index (χ4v) is 7.70. The molecular weight excluding hydrogens is 835 g/mol. The Morgan fingerprint density at radius 1 is 0.692 bits per heavy atom. The Hall–Kier alpha value is -4.32. The summed E-state index contributed by atoms with van der Waals surface area (Å²) in [6, 6.07) is -4.56. The fourth-order valence-electron chi connectivity index (χ4n) is 7.70. The van der Waals surface area contributed by atoms with Crippen LogP contribution in [-0.4, -0.2) is 143 Å². The summed E-state index contributed by atoms with van der Waals surface area (Å²) in [5.74, 6) is -4.35. The molecule has 0 radical (unpaired) electrons. The van der Waals surface area contributed by atoms with E-state index in [9.17, 15) is 43.5 Å². The van der Waals surface area contributed by atoms with Crippen LogP contribution < -0.4 is 37.2 Å². The van der Waals surface area contributed by atoms with Gasteiger partial charge in [0, 0.05) is 38.5 Å². The number of aliphatic hydroxyl groups is 1. The largest absolute Gasteiger partial charge is 0.391 e. The third kappa shape index (κ3) is 22.1. The van der Waals surface area contributed by atoms with Gasteiger partial charge in [0.05, 0.1) is 6.10 Å². The maximum absolute atomic E-state index is 14.0. The number of amides is 8. The first kappa shape index (κ1) is 58.7. The number of nitrogens with zero attached hydrogens (tertiary/aromatic N) is 2. The van der Waals surface area contributed by atoms with Crippen molar-refractivity contribution in [3.05, 3.63) is 0 Å². The monoisotopic (exact) mass is 922 g/mol. The van der Waals surface area contributed by atoms with Crippen molar-refractivity contribution in [3.63, 3.8) is 0 Å². The van der Waals surface area contributed by atoms with Gasteiger partial charge < -0.3 is 52.1 Å². The molecule has 1 fully saturated rings. The third-order valence-corrected chi connectivity index (χ3v) is 11.4. The number of rotatable bonds is 31. The molecule has 0 aromatic carbocycles. The van der Waals surface area contributed by atoms with Gasteiger partial charge in [-0.05, 0) is 93.7 Å². The van der Waals surface area contributed by atoms with E-state index in [1.54, 1.807) is 4.90 Å². The van der Waals surface area contributed by atoms with Crippen molar-refractivity contribution in [3.8, 4) is 0 Å². The van der Waals surface area contributed by atoms with E-state index >= 15 is 0 Å². The van der Waals surface area contributed by atoms with E-state index in [0.717, 1.165) is 51.4 Å². The van der Waals surface area contributed by atoms with Crippen LogP contribution in [0.1, 0.15) is 166 Å². The number of hydrogen-bond donors (Lipinski definition) is 8. The minimum atomic E-state index is -1.58. The first-order valence-corrected chi connectivity index (χ1v) is 24.1. The Labute approximate surface area is 389 Å². The Balaban J connectivity index is 3.11. The van der Waals surface area contributed by atoms with Crippen molar-refractivity contribution in [2.75, 3.05) is 33.7 Å². The topological polar surface area (TPSA) is 247 Å². The molecule has 1 saturated heterocycles. The first-order valence-electron chi connectivity index (χ1n) is 24.1. The molecule has 1 aliphatic heterocycles. The van der Waals surface area contributed by atoms with Crippen molar-refractivity contribution < 1.29 is 43.5 Å². The van der Waals surface area contributed by atoms with Gasteiger partial charge in [0.2, 0.25) is 47.3 Å². The molecule has 0 aliphatic carbocycles. The van der Waals surface area contributed by atoms with Gasteiger partial charge in [-0.2, -0.15) is 0 Å². The maximum Gasteiger partial charge on any atom is 0.246 e. The highest BCUT2D eigenvalue weighted by Gasteiger charge is 2.40. The quantitative estimate of drug-likeness (QED) is 0.0473. The van der Waals surface area contributed by atoms with Crippen LogP contribution in [-0.2, 0) is 38.4 Å². The van der Waals surface area contributed by atoms with Crippen LogP contribution in [0, 0.1) is 5.92 Å². The minimum absolute atomic E-state index is 0.0374. The van der Waals surface area contributed by atoms with E-state index in [2.05, 4.69) is 51.1 Å². The number of likely N-dealkylation sites (tertiary alicyclic amines) is 1. The molecule has 8 N–H and O–H groups in total. The van der Waals surface area contributed by atoms with Gasteiger partial charge in [0.15, 0.2) is 0 Å². The minimum Gasteiger partial charge on any atom is -0.391 e. The Morgan fingerprint density at radius 2 is 1.29 bits per heavy atom. The van der Waals surface area contributed by atoms with Crippen LogP contribution in [0.4, 0.5) is 0 Å². The summed E-state index contributed by atoms with van der Waals surface area (Å²) in [5, 5.41) is 29.9. The zero-order chi connectivity index (χ0) is 49.5. The van der Waals surface area contributed by atoms with Crippen LogP contribution in [0.5, 0.6) is 0 Å². The lowest BCUT2D eigenvalue weighted by atomic mass is 9.97. The predicted octanol–water partition coefficient (Wildman–Crippen LogP) is 2.55. The SMILES string of the molecule is CCCCCCCC[C@H](NC(=O)[C@@H]1CCCN1C(=O)CCCCC)C(=O)N[C@H](C(=O)N[C@@H](CC(C)C)C(=O)NC(C)(C)C(=O)NC(C)(C)C(=O)NCCC(=O)NC(C)CN(C)C)[C@@H](C)O. The number of carbonyl (C=O) groups is 8. The van der Waals surface area contributed by atoms with Gasteiger partial charge in [0.1, 0.15) is 35.2 Å². The highest BCUT2D eigenvalue weighted by Crippen LogP contribution is 2.21. The molecule has 65 heavy (non-hydrogen) atoms. The highest BCUT2D eigenvalue weighted by molar-refractivity contribution is 5.99. The molecule has 1 heterocycles.